The molecule has 0 fully saturated rings. The SMILES string of the molecule is Cc1nc(CS(C)(=O)=O)sc1CNC(C)C. The summed E-state index contributed by atoms with van der Waals surface area (Å²) in [5.41, 5.74) is 0.928. The number of aryl methyl sites for hydroxylation is 1. The fourth-order valence-corrected chi connectivity index (χ4v) is 3.44. The molecular formula is C10H18N2O2S2. The molecule has 1 N–H and O–H groups in total. The van der Waals surface area contributed by atoms with Crippen molar-refractivity contribution in [2.24, 2.45) is 0 Å². The third-order valence-corrected chi connectivity index (χ3v) is 4.13. The third-order valence-electron chi connectivity index (χ3n) is 1.99. The van der Waals surface area contributed by atoms with Crippen molar-refractivity contribution in [3.63, 3.8) is 0 Å². The molecule has 0 unspecified atom stereocenters. The van der Waals surface area contributed by atoms with E-state index in [1.54, 1.807) is 0 Å². The van der Waals surface area contributed by atoms with E-state index in [2.05, 4.69) is 24.1 Å². The summed E-state index contributed by atoms with van der Waals surface area (Å²) >= 11 is 1.48. The normalized spacial score (nSPS) is 12.3. The minimum atomic E-state index is -2.98. The van der Waals surface area contributed by atoms with E-state index in [-0.39, 0.29) is 5.75 Å². The molecule has 0 saturated carbocycles. The molecule has 0 radical (unpaired) electrons. The highest BCUT2D eigenvalue weighted by Gasteiger charge is 2.12. The number of aromatic nitrogens is 1. The van der Waals surface area contributed by atoms with Gasteiger partial charge in [-0.1, -0.05) is 13.8 Å². The standard InChI is InChI=1S/C10H18N2O2S2/c1-7(2)11-5-9-8(3)12-10(15-9)6-16(4,13)14/h7,11H,5-6H2,1-4H3. The van der Waals surface area contributed by atoms with Crippen LogP contribution in [0.2, 0.25) is 0 Å². The molecule has 0 atom stereocenters. The lowest BCUT2D eigenvalue weighted by Crippen LogP contribution is -2.21. The molecular weight excluding hydrogens is 244 g/mol. The number of nitrogens with zero attached hydrogens (tertiary/aromatic N) is 1. The lowest BCUT2D eigenvalue weighted by Gasteiger charge is -2.05. The summed E-state index contributed by atoms with van der Waals surface area (Å²) in [5.74, 6) is 0.0419. The number of hydrogen-bond donors (Lipinski definition) is 1. The fraction of sp³-hybridized carbons (Fsp3) is 0.700. The maximum absolute atomic E-state index is 11.1. The van der Waals surface area contributed by atoms with Crippen LogP contribution in [0.5, 0.6) is 0 Å². The van der Waals surface area contributed by atoms with Crippen molar-refractivity contribution >= 4 is 21.2 Å². The summed E-state index contributed by atoms with van der Waals surface area (Å²) in [4.78, 5) is 5.39. The van der Waals surface area contributed by atoms with Gasteiger partial charge in [-0.05, 0) is 6.92 Å². The van der Waals surface area contributed by atoms with E-state index in [4.69, 9.17) is 0 Å². The van der Waals surface area contributed by atoms with Crippen LogP contribution in [-0.2, 0) is 22.1 Å². The van der Waals surface area contributed by atoms with Gasteiger partial charge in [0, 0.05) is 23.7 Å². The average Bonchev–Trinajstić information content (AvgIpc) is 2.39. The summed E-state index contributed by atoms with van der Waals surface area (Å²) in [5, 5.41) is 3.98. The summed E-state index contributed by atoms with van der Waals surface area (Å²) < 4.78 is 22.3. The molecule has 0 saturated heterocycles. The van der Waals surface area contributed by atoms with Gasteiger partial charge in [-0.15, -0.1) is 11.3 Å². The number of nitrogens with one attached hydrogen (secondary N) is 1. The molecule has 92 valence electrons. The van der Waals surface area contributed by atoms with E-state index in [1.807, 2.05) is 6.92 Å². The smallest absolute Gasteiger partial charge is 0.153 e. The Hall–Kier alpha value is -0.460. The number of rotatable bonds is 5. The van der Waals surface area contributed by atoms with Crippen LogP contribution in [0.4, 0.5) is 0 Å². The Morgan fingerprint density at radius 3 is 2.56 bits per heavy atom. The van der Waals surface area contributed by atoms with E-state index >= 15 is 0 Å². The van der Waals surface area contributed by atoms with E-state index in [1.165, 1.54) is 17.6 Å². The molecule has 0 aliphatic heterocycles. The van der Waals surface area contributed by atoms with Crippen LogP contribution in [-0.4, -0.2) is 25.7 Å². The second kappa shape index (κ2) is 5.25. The summed E-state index contributed by atoms with van der Waals surface area (Å²) in [6.45, 7) is 6.83. The van der Waals surface area contributed by atoms with Crippen molar-refractivity contribution in [2.75, 3.05) is 6.26 Å². The highest BCUT2D eigenvalue weighted by molar-refractivity contribution is 7.90. The predicted octanol–water partition coefficient (Wildman–Crippen LogP) is 1.49. The predicted molar refractivity (Wildman–Crippen MR) is 67.4 cm³/mol. The van der Waals surface area contributed by atoms with Gasteiger partial charge in [-0.25, -0.2) is 13.4 Å². The Labute approximate surface area is 101 Å². The van der Waals surface area contributed by atoms with Crippen LogP contribution in [0.25, 0.3) is 0 Å². The molecule has 4 nitrogen and oxygen atoms in total. The Morgan fingerprint density at radius 1 is 1.44 bits per heavy atom. The molecule has 0 bridgehead atoms. The topological polar surface area (TPSA) is 59.1 Å². The van der Waals surface area contributed by atoms with Crippen molar-refractivity contribution in [3.8, 4) is 0 Å². The molecule has 1 heterocycles. The first-order chi connectivity index (χ1) is 7.28. The minimum absolute atomic E-state index is 0.0419. The maximum Gasteiger partial charge on any atom is 0.153 e. The van der Waals surface area contributed by atoms with Crippen molar-refractivity contribution in [2.45, 2.75) is 39.1 Å². The van der Waals surface area contributed by atoms with Gasteiger partial charge in [-0.2, -0.15) is 0 Å². The van der Waals surface area contributed by atoms with Crippen LogP contribution in [0.3, 0.4) is 0 Å². The summed E-state index contributed by atoms with van der Waals surface area (Å²) in [7, 11) is -2.98. The van der Waals surface area contributed by atoms with Gasteiger partial charge in [0.2, 0.25) is 0 Å². The molecule has 0 amide bonds. The van der Waals surface area contributed by atoms with Gasteiger partial charge >= 0.3 is 0 Å². The first kappa shape index (κ1) is 13.6. The van der Waals surface area contributed by atoms with E-state index in [0.717, 1.165) is 17.1 Å². The van der Waals surface area contributed by atoms with Crippen LogP contribution in [0.1, 0.15) is 29.4 Å². The highest BCUT2D eigenvalue weighted by atomic mass is 32.2. The Bertz CT molecular complexity index is 449. The Kier molecular flexibility index (Phi) is 4.46. The molecule has 1 rings (SSSR count). The van der Waals surface area contributed by atoms with E-state index in [0.29, 0.717) is 11.0 Å². The van der Waals surface area contributed by atoms with Gasteiger partial charge in [-0.3, -0.25) is 0 Å². The van der Waals surface area contributed by atoms with Gasteiger partial charge in [0.05, 0.1) is 5.69 Å². The third kappa shape index (κ3) is 4.59. The molecule has 1 aromatic heterocycles. The van der Waals surface area contributed by atoms with Crippen LogP contribution in [0.15, 0.2) is 0 Å². The minimum Gasteiger partial charge on any atom is -0.310 e. The quantitative estimate of drug-likeness (QED) is 0.873. The molecule has 0 aliphatic rings. The maximum atomic E-state index is 11.1. The van der Waals surface area contributed by atoms with Crippen molar-refractivity contribution in [1.82, 2.24) is 10.3 Å². The highest BCUT2D eigenvalue weighted by Crippen LogP contribution is 2.19. The van der Waals surface area contributed by atoms with E-state index < -0.39 is 9.84 Å². The van der Waals surface area contributed by atoms with Crippen LogP contribution >= 0.6 is 11.3 Å². The molecule has 0 spiro atoms. The van der Waals surface area contributed by atoms with Crippen LogP contribution < -0.4 is 5.32 Å². The number of sulfone groups is 1. The van der Waals surface area contributed by atoms with Crippen molar-refractivity contribution in [3.05, 3.63) is 15.6 Å². The Morgan fingerprint density at radius 2 is 2.06 bits per heavy atom. The second-order valence-electron chi connectivity index (χ2n) is 4.22. The van der Waals surface area contributed by atoms with Gasteiger partial charge in [0.1, 0.15) is 10.8 Å². The number of hydrogen-bond acceptors (Lipinski definition) is 5. The monoisotopic (exact) mass is 262 g/mol. The van der Waals surface area contributed by atoms with Gasteiger partial charge in [0.25, 0.3) is 0 Å². The largest absolute Gasteiger partial charge is 0.310 e. The van der Waals surface area contributed by atoms with Gasteiger partial charge < -0.3 is 5.32 Å². The van der Waals surface area contributed by atoms with Crippen LogP contribution in [0, 0.1) is 6.92 Å². The zero-order valence-corrected chi connectivity index (χ0v) is 11.7. The summed E-state index contributed by atoms with van der Waals surface area (Å²) in [6, 6.07) is 0.417. The first-order valence-corrected chi connectivity index (χ1v) is 8.02. The molecule has 0 aromatic carbocycles. The molecule has 1 aromatic rings. The van der Waals surface area contributed by atoms with Crippen molar-refractivity contribution in [1.29, 1.82) is 0 Å². The second-order valence-corrected chi connectivity index (χ2v) is 7.53. The molecule has 0 aliphatic carbocycles. The lowest BCUT2D eigenvalue weighted by molar-refractivity contribution is 0.591. The first-order valence-electron chi connectivity index (χ1n) is 5.14. The fourth-order valence-electron chi connectivity index (χ4n) is 1.24. The Balaban J connectivity index is 2.74. The average molecular weight is 262 g/mol. The molecule has 16 heavy (non-hydrogen) atoms. The zero-order chi connectivity index (χ0) is 12.3. The van der Waals surface area contributed by atoms with Crippen molar-refractivity contribution < 1.29 is 8.42 Å². The number of thiazole rings is 1. The van der Waals surface area contributed by atoms with E-state index in [9.17, 15) is 8.42 Å². The summed E-state index contributed by atoms with van der Waals surface area (Å²) in [6.07, 6.45) is 1.23. The molecule has 6 heteroatoms. The lowest BCUT2D eigenvalue weighted by atomic mass is 10.3. The van der Waals surface area contributed by atoms with Gasteiger partial charge in [0.15, 0.2) is 9.84 Å². The zero-order valence-electron chi connectivity index (χ0n) is 10.1.